The van der Waals surface area contributed by atoms with Gasteiger partial charge in [-0.3, -0.25) is 4.79 Å². The van der Waals surface area contributed by atoms with E-state index in [-0.39, 0.29) is 5.91 Å². The van der Waals surface area contributed by atoms with Crippen LogP contribution in [0.1, 0.15) is 28.4 Å². The van der Waals surface area contributed by atoms with Crippen molar-refractivity contribution in [1.82, 2.24) is 4.90 Å². The van der Waals surface area contributed by atoms with Crippen LogP contribution in [0, 0.1) is 0 Å². The van der Waals surface area contributed by atoms with E-state index in [9.17, 15) is 4.79 Å². The molecule has 0 aromatic heterocycles. The Morgan fingerprint density at radius 1 is 0.821 bits per heavy atom. The number of hydrogen-bond acceptors (Lipinski definition) is 3. The van der Waals surface area contributed by atoms with E-state index in [1.807, 2.05) is 85.8 Å². The van der Waals surface area contributed by atoms with E-state index in [0.29, 0.717) is 25.3 Å². The molecule has 0 bridgehead atoms. The number of hydrogen-bond donors (Lipinski definition) is 0. The van der Waals surface area contributed by atoms with Crippen LogP contribution < -0.4 is 9.47 Å². The smallest absolute Gasteiger partial charge is 0.254 e. The van der Waals surface area contributed by atoms with Crippen LogP contribution in [0.3, 0.4) is 0 Å². The highest BCUT2D eigenvalue weighted by Crippen LogP contribution is 2.21. The van der Waals surface area contributed by atoms with Gasteiger partial charge in [0.2, 0.25) is 0 Å². The van der Waals surface area contributed by atoms with Crippen molar-refractivity contribution in [3.05, 3.63) is 95.6 Å². The molecular formula is C24H25NO3. The molecule has 0 N–H and O–H groups in total. The molecule has 0 fully saturated rings. The molecule has 4 nitrogen and oxygen atoms in total. The second-order valence-corrected chi connectivity index (χ2v) is 6.46. The Balaban J connectivity index is 1.73. The number of amides is 1. The normalized spacial score (nSPS) is 10.4. The van der Waals surface area contributed by atoms with Crippen molar-refractivity contribution in [2.45, 2.75) is 20.1 Å². The van der Waals surface area contributed by atoms with Crippen LogP contribution in [0.2, 0.25) is 0 Å². The third-order valence-electron chi connectivity index (χ3n) is 4.41. The van der Waals surface area contributed by atoms with Crippen LogP contribution in [0.5, 0.6) is 11.5 Å². The van der Waals surface area contributed by atoms with Gasteiger partial charge in [0.25, 0.3) is 5.91 Å². The molecule has 0 saturated heterocycles. The monoisotopic (exact) mass is 375 g/mol. The maximum Gasteiger partial charge on any atom is 0.254 e. The maximum absolute atomic E-state index is 13.1. The molecule has 4 heteroatoms. The predicted octanol–water partition coefficient (Wildman–Crippen LogP) is 4.94. The molecule has 0 saturated carbocycles. The number of carbonyl (C=O) groups is 1. The third kappa shape index (κ3) is 4.92. The van der Waals surface area contributed by atoms with Crippen LogP contribution >= 0.6 is 0 Å². The Labute approximate surface area is 166 Å². The van der Waals surface area contributed by atoms with Crippen molar-refractivity contribution in [2.24, 2.45) is 0 Å². The number of nitrogens with zero attached hydrogens (tertiary/aromatic N) is 1. The summed E-state index contributed by atoms with van der Waals surface area (Å²) < 4.78 is 11.5. The van der Waals surface area contributed by atoms with Crippen LogP contribution in [-0.2, 0) is 13.2 Å². The number of carbonyl (C=O) groups excluding carboxylic acids is 1. The van der Waals surface area contributed by atoms with Gasteiger partial charge in [0.05, 0.1) is 6.61 Å². The molecule has 0 atom stereocenters. The fourth-order valence-corrected chi connectivity index (χ4v) is 3.00. The molecular weight excluding hydrogens is 350 g/mol. The topological polar surface area (TPSA) is 38.8 Å². The fourth-order valence-electron chi connectivity index (χ4n) is 3.00. The van der Waals surface area contributed by atoms with E-state index in [4.69, 9.17) is 9.47 Å². The van der Waals surface area contributed by atoms with Gasteiger partial charge in [-0.2, -0.15) is 0 Å². The van der Waals surface area contributed by atoms with E-state index in [2.05, 4.69) is 0 Å². The summed E-state index contributed by atoms with van der Waals surface area (Å²) in [5.74, 6) is 1.55. The maximum atomic E-state index is 13.1. The molecule has 1 amide bonds. The predicted molar refractivity (Wildman–Crippen MR) is 111 cm³/mol. The summed E-state index contributed by atoms with van der Waals surface area (Å²) in [6.07, 6.45) is 0. The van der Waals surface area contributed by atoms with Gasteiger partial charge < -0.3 is 14.4 Å². The number of rotatable bonds is 8. The van der Waals surface area contributed by atoms with Crippen molar-refractivity contribution in [3.63, 3.8) is 0 Å². The molecule has 3 aromatic carbocycles. The van der Waals surface area contributed by atoms with Crippen LogP contribution in [0.4, 0.5) is 0 Å². The number of benzene rings is 3. The quantitative estimate of drug-likeness (QED) is 0.560. The highest BCUT2D eigenvalue weighted by Gasteiger charge is 2.17. The molecule has 0 unspecified atom stereocenters. The Kier molecular flexibility index (Phi) is 6.68. The SMILES string of the molecule is CCOc1ccccc1CN(C)C(=O)c1ccccc1COc1ccccc1. The molecule has 0 aliphatic carbocycles. The van der Waals surface area contributed by atoms with Crippen LogP contribution in [0.15, 0.2) is 78.9 Å². The minimum absolute atomic E-state index is 0.0430. The zero-order valence-electron chi connectivity index (χ0n) is 16.3. The first-order valence-corrected chi connectivity index (χ1v) is 9.41. The Morgan fingerprint density at radius 3 is 2.21 bits per heavy atom. The minimum atomic E-state index is -0.0430. The minimum Gasteiger partial charge on any atom is -0.494 e. The van der Waals surface area contributed by atoms with Gasteiger partial charge in [-0.05, 0) is 31.2 Å². The summed E-state index contributed by atoms with van der Waals surface area (Å²) in [5, 5.41) is 0. The zero-order chi connectivity index (χ0) is 19.8. The second-order valence-electron chi connectivity index (χ2n) is 6.46. The number of para-hydroxylation sites is 2. The molecule has 0 aliphatic rings. The lowest BCUT2D eigenvalue weighted by atomic mass is 10.1. The summed E-state index contributed by atoms with van der Waals surface area (Å²) in [5.41, 5.74) is 2.49. The lowest BCUT2D eigenvalue weighted by Gasteiger charge is -2.21. The molecule has 0 spiro atoms. The molecule has 3 rings (SSSR count). The Bertz CT molecular complexity index is 908. The van der Waals surface area contributed by atoms with E-state index in [1.54, 1.807) is 11.9 Å². The summed E-state index contributed by atoms with van der Waals surface area (Å²) >= 11 is 0. The van der Waals surface area contributed by atoms with E-state index >= 15 is 0 Å². The first-order chi connectivity index (χ1) is 13.7. The largest absolute Gasteiger partial charge is 0.494 e. The summed E-state index contributed by atoms with van der Waals surface area (Å²) in [6.45, 7) is 3.36. The highest BCUT2D eigenvalue weighted by atomic mass is 16.5. The van der Waals surface area contributed by atoms with Crippen LogP contribution in [0.25, 0.3) is 0 Å². The van der Waals surface area contributed by atoms with Gasteiger partial charge in [0.1, 0.15) is 18.1 Å². The van der Waals surface area contributed by atoms with Gasteiger partial charge in [0, 0.05) is 30.3 Å². The van der Waals surface area contributed by atoms with Gasteiger partial charge in [-0.15, -0.1) is 0 Å². The van der Waals surface area contributed by atoms with Crippen molar-refractivity contribution in [2.75, 3.05) is 13.7 Å². The van der Waals surface area contributed by atoms with Gasteiger partial charge in [0.15, 0.2) is 0 Å². The number of ether oxygens (including phenoxy) is 2. The molecule has 0 heterocycles. The third-order valence-corrected chi connectivity index (χ3v) is 4.41. The summed E-state index contributed by atoms with van der Waals surface area (Å²) in [4.78, 5) is 14.8. The van der Waals surface area contributed by atoms with Gasteiger partial charge in [-0.1, -0.05) is 54.6 Å². The second kappa shape index (κ2) is 9.60. The van der Waals surface area contributed by atoms with Crippen molar-refractivity contribution in [3.8, 4) is 11.5 Å². The summed E-state index contributed by atoms with van der Waals surface area (Å²) in [7, 11) is 1.81. The van der Waals surface area contributed by atoms with Gasteiger partial charge in [-0.25, -0.2) is 0 Å². The molecule has 3 aromatic rings. The van der Waals surface area contributed by atoms with Gasteiger partial charge >= 0.3 is 0 Å². The van der Waals surface area contributed by atoms with Crippen molar-refractivity contribution < 1.29 is 14.3 Å². The van der Waals surface area contributed by atoms with Crippen molar-refractivity contribution in [1.29, 1.82) is 0 Å². The standard InChI is InChI=1S/C24H25NO3/c1-3-27-23-16-10-8-11-19(23)17-25(2)24(26)22-15-9-7-12-20(22)18-28-21-13-5-4-6-14-21/h4-16H,3,17-18H2,1-2H3. The zero-order valence-corrected chi connectivity index (χ0v) is 16.3. The fraction of sp³-hybridized carbons (Fsp3) is 0.208. The average molecular weight is 375 g/mol. The van der Waals surface area contributed by atoms with Crippen LogP contribution in [-0.4, -0.2) is 24.5 Å². The first-order valence-electron chi connectivity index (χ1n) is 9.41. The molecule has 28 heavy (non-hydrogen) atoms. The Hall–Kier alpha value is -3.27. The Morgan fingerprint density at radius 2 is 1.46 bits per heavy atom. The lowest BCUT2D eigenvalue weighted by Crippen LogP contribution is -2.27. The highest BCUT2D eigenvalue weighted by molar-refractivity contribution is 5.95. The van der Waals surface area contributed by atoms with Crippen molar-refractivity contribution >= 4 is 5.91 Å². The molecule has 0 radical (unpaired) electrons. The van der Waals surface area contributed by atoms with E-state index in [0.717, 1.165) is 22.6 Å². The lowest BCUT2D eigenvalue weighted by molar-refractivity contribution is 0.0781. The first kappa shape index (κ1) is 19.5. The van der Waals surface area contributed by atoms with E-state index in [1.165, 1.54) is 0 Å². The average Bonchev–Trinajstić information content (AvgIpc) is 2.74. The summed E-state index contributed by atoms with van der Waals surface area (Å²) in [6, 6.07) is 25.0. The molecule has 0 aliphatic heterocycles. The van der Waals surface area contributed by atoms with E-state index < -0.39 is 0 Å². The molecule has 144 valence electrons.